The number of aliphatic hydroxyl groups excluding tert-OH is 1. The Balaban J connectivity index is 1.55. The summed E-state index contributed by atoms with van der Waals surface area (Å²) in [5.41, 5.74) is 1.15. The number of carbonyl (C=O) groups excluding carboxylic acids is 1. The highest BCUT2D eigenvalue weighted by atomic mass is 32.1. The molecule has 1 unspecified atom stereocenters. The lowest BCUT2D eigenvalue weighted by atomic mass is 9.78. The molecule has 3 rings (SSSR count). The number of aromatic nitrogens is 1. The van der Waals surface area contributed by atoms with Crippen LogP contribution in [0.5, 0.6) is 0 Å². The van der Waals surface area contributed by atoms with Crippen molar-refractivity contribution in [1.29, 1.82) is 0 Å². The Morgan fingerprint density at radius 2 is 2.22 bits per heavy atom. The minimum atomic E-state index is -0.0290. The predicted molar refractivity (Wildman–Crippen MR) is 92.9 cm³/mol. The molecule has 2 heterocycles. The van der Waals surface area contributed by atoms with Gasteiger partial charge in [-0.05, 0) is 51.5 Å². The average Bonchev–Trinajstić information content (AvgIpc) is 2.96. The van der Waals surface area contributed by atoms with Crippen LogP contribution in [0.4, 0.5) is 5.13 Å². The van der Waals surface area contributed by atoms with Gasteiger partial charge in [0.15, 0.2) is 5.13 Å². The van der Waals surface area contributed by atoms with E-state index in [1.165, 1.54) is 23.4 Å². The molecule has 1 aromatic heterocycles. The number of amides is 1. The lowest BCUT2D eigenvalue weighted by Gasteiger charge is -2.41. The zero-order chi connectivity index (χ0) is 16.3. The monoisotopic (exact) mass is 337 g/mol. The van der Waals surface area contributed by atoms with E-state index in [1.54, 1.807) is 11.3 Å². The number of fused-ring (bicyclic) bond motifs is 1. The Bertz CT molecular complexity index is 531. The lowest BCUT2D eigenvalue weighted by Crippen LogP contribution is -2.47. The van der Waals surface area contributed by atoms with Gasteiger partial charge in [-0.1, -0.05) is 6.92 Å². The molecule has 1 amide bonds. The zero-order valence-electron chi connectivity index (χ0n) is 13.9. The molecule has 1 saturated heterocycles. The van der Waals surface area contributed by atoms with Gasteiger partial charge in [-0.3, -0.25) is 9.69 Å². The van der Waals surface area contributed by atoms with Gasteiger partial charge in [0.1, 0.15) is 0 Å². The van der Waals surface area contributed by atoms with Crippen LogP contribution < -0.4 is 5.32 Å². The van der Waals surface area contributed by atoms with Gasteiger partial charge in [0, 0.05) is 23.4 Å². The Kier molecular flexibility index (Phi) is 5.34. The second-order valence-electron chi connectivity index (χ2n) is 6.97. The summed E-state index contributed by atoms with van der Waals surface area (Å²) >= 11 is 1.63. The van der Waals surface area contributed by atoms with E-state index in [2.05, 4.69) is 22.1 Å². The number of rotatable bonds is 5. The van der Waals surface area contributed by atoms with E-state index in [9.17, 15) is 9.90 Å². The molecule has 5 nitrogen and oxygen atoms in total. The molecule has 0 aromatic carbocycles. The van der Waals surface area contributed by atoms with E-state index in [0.717, 1.165) is 50.3 Å². The van der Waals surface area contributed by atoms with E-state index < -0.39 is 0 Å². The Labute approximate surface area is 142 Å². The average molecular weight is 337 g/mol. The van der Waals surface area contributed by atoms with E-state index in [4.69, 9.17) is 0 Å². The second kappa shape index (κ2) is 7.28. The summed E-state index contributed by atoms with van der Waals surface area (Å²) in [5, 5.41) is 13.4. The van der Waals surface area contributed by atoms with Crippen molar-refractivity contribution in [3.63, 3.8) is 0 Å². The second-order valence-corrected chi connectivity index (χ2v) is 8.05. The maximum absolute atomic E-state index is 12.3. The standard InChI is InChI=1S/C17H27N3O2S/c1-2-17(12-21)8-5-9-20(11-17)10-15(22)19-16-18-13-6-3-4-7-14(13)23-16/h21H,2-12H2,1H3,(H,18,19,22). The van der Waals surface area contributed by atoms with Crippen LogP contribution in [-0.4, -0.2) is 47.1 Å². The lowest BCUT2D eigenvalue weighted by molar-refractivity contribution is -0.118. The molecule has 2 aliphatic rings. The molecule has 0 spiro atoms. The van der Waals surface area contributed by atoms with Crippen molar-refractivity contribution in [3.05, 3.63) is 10.6 Å². The number of nitrogens with one attached hydrogen (secondary N) is 1. The number of aliphatic hydroxyl groups is 1. The molecule has 1 fully saturated rings. The molecule has 0 radical (unpaired) electrons. The first-order valence-electron chi connectivity index (χ1n) is 8.76. The van der Waals surface area contributed by atoms with Crippen LogP contribution in [0.2, 0.25) is 0 Å². The number of carbonyl (C=O) groups is 1. The van der Waals surface area contributed by atoms with Crippen LogP contribution >= 0.6 is 11.3 Å². The van der Waals surface area contributed by atoms with Crippen molar-refractivity contribution in [3.8, 4) is 0 Å². The summed E-state index contributed by atoms with van der Waals surface area (Å²) in [6.07, 6.45) is 7.65. The van der Waals surface area contributed by atoms with E-state index in [0.29, 0.717) is 6.54 Å². The summed E-state index contributed by atoms with van der Waals surface area (Å²) in [6, 6.07) is 0. The minimum Gasteiger partial charge on any atom is -0.396 e. The third kappa shape index (κ3) is 3.92. The van der Waals surface area contributed by atoms with Gasteiger partial charge >= 0.3 is 0 Å². The fourth-order valence-corrected chi connectivity index (χ4v) is 4.81. The van der Waals surface area contributed by atoms with Crippen LogP contribution in [0, 0.1) is 5.41 Å². The maximum Gasteiger partial charge on any atom is 0.240 e. The number of hydrogen-bond acceptors (Lipinski definition) is 5. The molecular weight excluding hydrogens is 310 g/mol. The molecule has 2 N–H and O–H groups in total. The van der Waals surface area contributed by atoms with Crippen molar-refractivity contribution in [1.82, 2.24) is 9.88 Å². The topological polar surface area (TPSA) is 65.5 Å². The van der Waals surface area contributed by atoms with Gasteiger partial charge in [0.25, 0.3) is 0 Å². The molecule has 23 heavy (non-hydrogen) atoms. The van der Waals surface area contributed by atoms with Gasteiger partial charge in [0.05, 0.1) is 12.2 Å². The Hall–Kier alpha value is -0.980. The van der Waals surface area contributed by atoms with Gasteiger partial charge in [-0.2, -0.15) is 0 Å². The van der Waals surface area contributed by atoms with E-state index in [-0.39, 0.29) is 17.9 Å². The molecule has 1 atom stereocenters. The summed E-state index contributed by atoms with van der Waals surface area (Å²) in [7, 11) is 0. The quantitative estimate of drug-likeness (QED) is 0.866. The van der Waals surface area contributed by atoms with Gasteiger partial charge < -0.3 is 10.4 Å². The van der Waals surface area contributed by atoms with Crippen molar-refractivity contribution in [2.45, 2.75) is 51.9 Å². The van der Waals surface area contributed by atoms with Crippen LogP contribution in [0.15, 0.2) is 0 Å². The third-order valence-electron chi connectivity index (χ3n) is 5.29. The summed E-state index contributed by atoms with van der Waals surface area (Å²) in [5.74, 6) is 0.0148. The van der Waals surface area contributed by atoms with Crippen molar-refractivity contribution in [2.24, 2.45) is 5.41 Å². The molecular formula is C17H27N3O2S. The summed E-state index contributed by atoms with van der Waals surface area (Å²) in [4.78, 5) is 20.4. The van der Waals surface area contributed by atoms with Gasteiger partial charge in [-0.15, -0.1) is 11.3 Å². The van der Waals surface area contributed by atoms with E-state index in [1.807, 2.05) is 0 Å². The molecule has 0 saturated carbocycles. The number of anilines is 1. The Morgan fingerprint density at radius 3 is 2.96 bits per heavy atom. The van der Waals surface area contributed by atoms with Gasteiger partial charge in [0.2, 0.25) is 5.91 Å². The van der Waals surface area contributed by atoms with E-state index >= 15 is 0 Å². The predicted octanol–water partition coefficient (Wildman–Crippen LogP) is 2.44. The van der Waals surface area contributed by atoms with Crippen LogP contribution in [0.3, 0.4) is 0 Å². The minimum absolute atomic E-state index is 0.0148. The van der Waals surface area contributed by atoms with Crippen molar-refractivity contribution >= 4 is 22.4 Å². The first kappa shape index (κ1) is 16.9. The maximum atomic E-state index is 12.3. The summed E-state index contributed by atoms with van der Waals surface area (Å²) < 4.78 is 0. The molecule has 1 aliphatic carbocycles. The fraction of sp³-hybridized carbons (Fsp3) is 0.765. The number of piperidine rings is 1. The number of nitrogens with zero attached hydrogens (tertiary/aromatic N) is 2. The molecule has 1 aromatic rings. The zero-order valence-corrected chi connectivity index (χ0v) is 14.8. The number of hydrogen-bond donors (Lipinski definition) is 2. The highest BCUT2D eigenvalue weighted by molar-refractivity contribution is 7.15. The smallest absolute Gasteiger partial charge is 0.240 e. The third-order valence-corrected chi connectivity index (χ3v) is 6.36. The first-order valence-corrected chi connectivity index (χ1v) is 9.57. The molecule has 1 aliphatic heterocycles. The van der Waals surface area contributed by atoms with Crippen LogP contribution in [0.25, 0.3) is 0 Å². The highest BCUT2D eigenvalue weighted by Crippen LogP contribution is 2.33. The normalized spacial score (nSPS) is 25.1. The number of thiazole rings is 1. The SMILES string of the molecule is CCC1(CO)CCCN(CC(=O)Nc2nc3c(s2)CCCC3)C1. The van der Waals surface area contributed by atoms with Crippen molar-refractivity contribution in [2.75, 3.05) is 31.6 Å². The number of aryl methyl sites for hydroxylation is 2. The fourth-order valence-electron chi connectivity index (χ4n) is 3.74. The first-order chi connectivity index (χ1) is 11.1. The van der Waals surface area contributed by atoms with Crippen LogP contribution in [0.1, 0.15) is 49.6 Å². The van der Waals surface area contributed by atoms with Crippen LogP contribution in [-0.2, 0) is 17.6 Å². The molecule has 0 bridgehead atoms. The molecule has 128 valence electrons. The largest absolute Gasteiger partial charge is 0.396 e. The number of likely N-dealkylation sites (tertiary alicyclic amines) is 1. The summed E-state index contributed by atoms with van der Waals surface area (Å²) in [6.45, 7) is 4.47. The molecule has 6 heteroatoms. The Morgan fingerprint density at radius 1 is 1.39 bits per heavy atom. The van der Waals surface area contributed by atoms with Gasteiger partial charge in [-0.25, -0.2) is 4.98 Å². The van der Waals surface area contributed by atoms with Crippen molar-refractivity contribution < 1.29 is 9.90 Å². The highest BCUT2D eigenvalue weighted by Gasteiger charge is 2.33.